The molecule has 0 heterocycles. The Labute approximate surface area is 131 Å². The van der Waals surface area contributed by atoms with E-state index in [2.05, 4.69) is 10.6 Å². The van der Waals surface area contributed by atoms with Crippen LogP contribution in [-0.4, -0.2) is 17.1 Å². The topological polar surface area (TPSA) is 76.4 Å². The molecule has 0 unspecified atom stereocenters. The fourth-order valence-corrected chi connectivity index (χ4v) is 1.98. The van der Waals surface area contributed by atoms with E-state index in [0.29, 0.717) is 11.4 Å². The van der Waals surface area contributed by atoms with Crippen molar-refractivity contribution >= 4 is 34.4 Å². The molecule has 22 heavy (non-hydrogen) atoms. The lowest BCUT2D eigenvalue weighted by Gasteiger charge is -2.13. The highest BCUT2D eigenvalue weighted by molar-refractivity contribution is 7.80. The van der Waals surface area contributed by atoms with E-state index >= 15 is 0 Å². The Balaban J connectivity index is 2.12. The molecule has 2 N–H and O–H groups in total. The molecule has 2 rings (SSSR count). The Kier molecular flexibility index (Phi) is 4.84. The van der Waals surface area contributed by atoms with Gasteiger partial charge in [-0.05, 0) is 36.5 Å². The molecule has 0 aliphatic heterocycles. The van der Waals surface area contributed by atoms with Gasteiger partial charge in [-0.1, -0.05) is 6.07 Å². The highest BCUT2D eigenvalue weighted by atomic mass is 32.1. The highest BCUT2D eigenvalue weighted by Gasteiger charge is 2.12. The number of hydrogen-bond acceptors (Lipinski definition) is 4. The quantitative estimate of drug-likeness (QED) is 0.509. The number of non-ortho nitro benzene ring substituents is 1. The number of nitro benzene ring substituents is 1. The molecule has 0 saturated heterocycles. The van der Waals surface area contributed by atoms with Gasteiger partial charge in [0.25, 0.3) is 5.69 Å². The van der Waals surface area contributed by atoms with Crippen molar-refractivity contribution in [1.82, 2.24) is 0 Å². The second-order valence-electron chi connectivity index (χ2n) is 4.23. The summed E-state index contributed by atoms with van der Waals surface area (Å²) in [5.74, 6) is -0.113. The van der Waals surface area contributed by atoms with E-state index in [1.165, 1.54) is 37.4 Å². The predicted molar refractivity (Wildman–Crippen MR) is 85.9 cm³/mol. The molecule has 0 aliphatic rings. The molecule has 0 spiro atoms. The van der Waals surface area contributed by atoms with Crippen LogP contribution in [0.4, 0.5) is 21.5 Å². The Bertz CT molecular complexity index is 724. The van der Waals surface area contributed by atoms with Crippen molar-refractivity contribution < 1.29 is 14.1 Å². The summed E-state index contributed by atoms with van der Waals surface area (Å²) in [6, 6.07) is 9.91. The Morgan fingerprint density at radius 1 is 1.27 bits per heavy atom. The molecule has 8 heteroatoms. The fourth-order valence-electron chi connectivity index (χ4n) is 1.75. The van der Waals surface area contributed by atoms with Gasteiger partial charge in [-0.2, -0.15) is 0 Å². The minimum atomic E-state index is -0.518. The SMILES string of the molecule is COc1cc([N+](=O)[O-])ccc1NC(=S)Nc1cccc(F)c1. The molecule has 0 fully saturated rings. The average Bonchev–Trinajstić information content (AvgIpc) is 2.47. The Morgan fingerprint density at radius 2 is 2.05 bits per heavy atom. The molecule has 0 atom stereocenters. The van der Waals surface area contributed by atoms with Crippen molar-refractivity contribution in [2.75, 3.05) is 17.7 Å². The molecule has 0 saturated carbocycles. The predicted octanol–water partition coefficient (Wildman–Crippen LogP) is 3.55. The lowest BCUT2D eigenvalue weighted by molar-refractivity contribution is -0.384. The first-order valence-corrected chi connectivity index (χ1v) is 6.56. The van der Waals surface area contributed by atoms with Crippen molar-refractivity contribution in [3.8, 4) is 5.75 Å². The van der Waals surface area contributed by atoms with E-state index in [4.69, 9.17) is 17.0 Å². The maximum atomic E-state index is 13.1. The first kappa shape index (κ1) is 15.6. The number of rotatable bonds is 4. The number of benzene rings is 2. The zero-order valence-electron chi connectivity index (χ0n) is 11.5. The first-order chi connectivity index (χ1) is 10.5. The molecular weight excluding hydrogens is 309 g/mol. The summed E-state index contributed by atoms with van der Waals surface area (Å²) in [5, 5.41) is 16.6. The van der Waals surface area contributed by atoms with Gasteiger partial charge in [0.05, 0.1) is 23.8 Å². The zero-order chi connectivity index (χ0) is 16.1. The smallest absolute Gasteiger partial charge is 0.273 e. The maximum Gasteiger partial charge on any atom is 0.273 e. The van der Waals surface area contributed by atoms with Gasteiger partial charge in [0.1, 0.15) is 11.6 Å². The number of hydrogen-bond donors (Lipinski definition) is 2. The van der Waals surface area contributed by atoms with Gasteiger partial charge in [0.2, 0.25) is 0 Å². The van der Waals surface area contributed by atoms with Gasteiger partial charge in [-0.15, -0.1) is 0 Å². The van der Waals surface area contributed by atoms with Crippen LogP contribution >= 0.6 is 12.2 Å². The summed E-state index contributed by atoms with van der Waals surface area (Å²) in [6.45, 7) is 0. The highest BCUT2D eigenvalue weighted by Crippen LogP contribution is 2.29. The summed E-state index contributed by atoms with van der Waals surface area (Å²) in [7, 11) is 1.40. The van der Waals surface area contributed by atoms with Crippen LogP contribution in [0.2, 0.25) is 0 Å². The lowest BCUT2D eigenvalue weighted by atomic mass is 10.2. The summed E-state index contributed by atoms with van der Waals surface area (Å²) < 4.78 is 18.2. The van der Waals surface area contributed by atoms with E-state index in [1.54, 1.807) is 12.1 Å². The van der Waals surface area contributed by atoms with Crippen LogP contribution in [0.1, 0.15) is 0 Å². The van der Waals surface area contributed by atoms with Gasteiger partial charge in [-0.3, -0.25) is 10.1 Å². The van der Waals surface area contributed by atoms with E-state index in [-0.39, 0.29) is 22.4 Å². The van der Waals surface area contributed by atoms with E-state index in [0.717, 1.165) is 0 Å². The molecule has 0 aromatic heterocycles. The van der Waals surface area contributed by atoms with Crippen LogP contribution in [0.5, 0.6) is 5.75 Å². The number of methoxy groups -OCH3 is 1. The minimum absolute atomic E-state index is 0.0913. The number of nitrogens with one attached hydrogen (secondary N) is 2. The van der Waals surface area contributed by atoms with Crippen molar-refractivity contribution in [2.24, 2.45) is 0 Å². The van der Waals surface area contributed by atoms with Gasteiger partial charge in [0.15, 0.2) is 5.11 Å². The van der Waals surface area contributed by atoms with E-state index in [1.807, 2.05) is 0 Å². The normalized spacial score (nSPS) is 9.91. The summed E-state index contributed by atoms with van der Waals surface area (Å²) in [6.07, 6.45) is 0. The first-order valence-electron chi connectivity index (χ1n) is 6.15. The number of thiocarbonyl (C=S) groups is 1. The maximum absolute atomic E-state index is 13.1. The molecule has 0 aliphatic carbocycles. The third-order valence-electron chi connectivity index (χ3n) is 2.73. The summed E-state index contributed by atoms with van der Waals surface area (Å²) in [4.78, 5) is 10.2. The van der Waals surface area contributed by atoms with Crippen molar-refractivity contribution in [3.63, 3.8) is 0 Å². The fraction of sp³-hybridized carbons (Fsp3) is 0.0714. The molecule has 114 valence electrons. The number of nitrogens with zero attached hydrogens (tertiary/aromatic N) is 1. The van der Waals surface area contributed by atoms with Crippen LogP contribution in [-0.2, 0) is 0 Å². The minimum Gasteiger partial charge on any atom is -0.494 e. The lowest BCUT2D eigenvalue weighted by Crippen LogP contribution is -2.19. The Hall–Kier alpha value is -2.74. The van der Waals surface area contributed by atoms with E-state index < -0.39 is 4.92 Å². The molecule has 6 nitrogen and oxygen atoms in total. The van der Waals surface area contributed by atoms with Gasteiger partial charge < -0.3 is 15.4 Å². The van der Waals surface area contributed by atoms with Crippen molar-refractivity contribution in [3.05, 3.63) is 58.4 Å². The van der Waals surface area contributed by atoms with Gasteiger partial charge in [-0.25, -0.2) is 4.39 Å². The van der Waals surface area contributed by atoms with Crippen LogP contribution in [0.3, 0.4) is 0 Å². The van der Waals surface area contributed by atoms with Crippen molar-refractivity contribution in [1.29, 1.82) is 0 Å². The van der Waals surface area contributed by atoms with Crippen molar-refractivity contribution in [2.45, 2.75) is 0 Å². The second-order valence-corrected chi connectivity index (χ2v) is 4.64. The summed E-state index contributed by atoms with van der Waals surface area (Å²) in [5.41, 5.74) is 0.854. The van der Waals surface area contributed by atoms with E-state index in [9.17, 15) is 14.5 Å². The average molecular weight is 321 g/mol. The molecule has 0 radical (unpaired) electrons. The van der Waals surface area contributed by atoms with Crippen LogP contribution < -0.4 is 15.4 Å². The van der Waals surface area contributed by atoms with Crippen LogP contribution in [0, 0.1) is 15.9 Å². The Morgan fingerprint density at radius 3 is 2.68 bits per heavy atom. The van der Waals surface area contributed by atoms with Crippen LogP contribution in [0.15, 0.2) is 42.5 Å². The zero-order valence-corrected chi connectivity index (χ0v) is 12.3. The molecule has 2 aromatic carbocycles. The monoisotopic (exact) mass is 321 g/mol. The second kappa shape index (κ2) is 6.81. The largest absolute Gasteiger partial charge is 0.494 e. The number of ether oxygens (including phenoxy) is 1. The number of nitro groups is 1. The van der Waals surface area contributed by atoms with Gasteiger partial charge >= 0.3 is 0 Å². The van der Waals surface area contributed by atoms with Crippen LogP contribution in [0.25, 0.3) is 0 Å². The molecule has 0 bridgehead atoms. The number of anilines is 2. The summed E-state index contributed by atoms with van der Waals surface area (Å²) >= 11 is 5.12. The third-order valence-corrected chi connectivity index (χ3v) is 2.93. The molecule has 0 amide bonds. The number of halogens is 1. The van der Waals surface area contributed by atoms with Gasteiger partial charge in [0, 0.05) is 11.8 Å². The molecule has 2 aromatic rings. The standard InChI is InChI=1S/C14H12FN3O3S/c1-21-13-8-11(18(19)20)5-6-12(13)17-14(22)16-10-4-2-3-9(15)7-10/h2-8H,1H3,(H2,16,17,22). The molecular formula is C14H12FN3O3S. The third kappa shape index (κ3) is 3.89.